The minimum absolute atomic E-state index is 0.0260. The number of piperazine rings is 1. The number of carboxylic acids is 1. The molecule has 0 aromatic carbocycles. The highest BCUT2D eigenvalue weighted by molar-refractivity contribution is 5.74. The van der Waals surface area contributed by atoms with Crippen LogP contribution in [-0.4, -0.2) is 66.2 Å². The number of carboxylic acid groups (broad SMARTS) is 1. The summed E-state index contributed by atoms with van der Waals surface area (Å²) in [4.78, 5) is 26.4. The number of hydrogen-bond acceptors (Lipinski definition) is 3. The zero-order valence-corrected chi connectivity index (χ0v) is 11.9. The molecule has 2 N–H and O–H groups in total. The lowest BCUT2D eigenvalue weighted by Gasteiger charge is -2.39. The Morgan fingerprint density at radius 3 is 2.68 bits per heavy atom. The van der Waals surface area contributed by atoms with Crippen LogP contribution in [-0.2, 0) is 4.79 Å². The SMILES string of the molecule is CCC1CN(C(=O)NCCCCC(=O)O)CCN1C. The van der Waals surface area contributed by atoms with Crippen molar-refractivity contribution in [3.05, 3.63) is 0 Å². The molecule has 1 heterocycles. The maximum absolute atomic E-state index is 11.9. The summed E-state index contributed by atoms with van der Waals surface area (Å²) < 4.78 is 0. The van der Waals surface area contributed by atoms with E-state index < -0.39 is 5.97 Å². The van der Waals surface area contributed by atoms with E-state index in [1.54, 1.807) is 0 Å². The number of aliphatic carboxylic acids is 1. The summed E-state index contributed by atoms with van der Waals surface area (Å²) in [5, 5.41) is 11.4. The fourth-order valence-corrected chi connectivity index (χ4v) is 2.28. The summed E-state index contributed by atoms with van der Waals surface area (Å²) in [6.07, 6.45) is 2.53. The fraction of sp³-hybridized carbons (Fsp3) is 0.846. The molecule has 1 unspecified atom stereocenters. The van der Waals surface area contributed by atoms with Crippen LogP contribution in [0.5, 0.6) is 0 Å². The highest BCUT2D eigenvalue weighted by Gasteiger charge is 2.25. The molecule has 1 rings (SSSR count). The predicted octanol–water partition coefficient (Wildman–Crippen LogP) is 0.977. The van der Waals surface area contributed by atoms with Crippen LogP contribution in [0.3, 0.4) is 0 Å². The molecule has 1 saturated heterocycles. The number of carbonyl (C=O) groups excluding carboxylic acids is 1. The number of rotatable bonds is 6. The molecule has 2 amide bonds. The molecule has 0 aliphatic carbocycles. The standard InChI is InChI=1S/C13H25N3O3/c1-3-11-10-16(9-8-15(11)2)13(19)14-7-5-4-6-12(17)18/h11H,3-10H2,1-2H3,(H,14,19)(H,17,18). The van der Waals surface area contributed by atoms with Crippen molar-refractivity contribution in [3.8, 4) is 0 Å². The molecule has 6 heteroatoms. The van der Waals surface area contributed by atoms with Crippen LogP contribution in [0.4, 0.5) is 4.79 Å². The lowest BCUT2D eigenvalue weighted by Crippen LogP contribution is -2.55. The number of carbonyl (C=O) groups is 2. The highest BCUT2D eigenvalue weighted by atomic mass is 16.4. The Labute approximate surface area is 114 Å². The normalized spacial score (nSPS) is 20.3. The monoisotopic (exact) mass is 271 g/mol. The molecule has 0 saturated carbocycles. The van der Waals surface area contributed by atoms with Crippen LogP contribution in [0.15, 0.2) is 0 Å². The van der Waals surface area contributed by atoms with Crippen molar-refractivity contribution in [3.63, 3.8) is 0 Å². The largest absolute Gasteiger partial charge is 0.481 e. The van der Waals surface area contributed by atoms with E-state index in [9.17, 15) is 9.59 Å². The predicted molar refractivity (Wildman–Crippen MR) is 73.2 cm³/mol. The molecule has 0 radical (unpaired) electrons. The van der Waals surface area contributed by atoms with E-state index in [1.165, 1.54) is 0 Å². The first kappa shape index (κ1) is 15.8. The van der Waals surface area contributed by atoms with Gasteiger partial charge in [-0.1, -0.05) is 6.92 Å². The van der Waals surface area contributed by atoms with Crippen molar-refractivity contribution >= 4 is 12.0 Å². The van der Waals surface area contributed by atoms with E-state index in [-0.39, 0.29) is 12.5 Å². The van der Waals surface area contributed by atoms with Crippen molar-refractivity contribution in [1.82, 2.24) is 15.1 Å². The fourth-order valence-electron chi connectivity index (χ4n) is 2.28. The minimum atomic E-state index is -0.781. The van der Waals surface area contributed by atoms with Crippen LogP contribution < -0.4 is 5.32 Å². The number of urea groups is 1. The topological polar surface area (TPSA) is 72.9 Å². The average molecular weight is 271 g/mol. The lowest BCUT2D eigenvalue weighted by atomic mass is 10.1. The molecular formula is C13H25N3O3. The maximum atomic E-state index is 11.9. The third-order valence-corrected chi connectivity index (χ3v) is 3.63. The number of hydrogen-bond donors (Lipinski definition) is 2. The third-order valence-electron chi connectivity index (χ3n) is 3.63. The second-order valence-corrected chi connectivity index (χ2v) is 5.07. The molecule has 1 aliphatic heterocycles. The van der Waals surface area contributed by atoms with Crippen molar-refractivity contribution in [2.75, 3.05) is 33.2 Å². The Hall–Kier alpha value is -1.30. The zero-order valence-electron chi connectivity index (χ0n) is 11.9. The second-order valence-electron chi connectivity index (χ2n) is 5.07. The van der Waals surface area contributed by atoms with Gasteiger partial charge in [0, 0.05) is 38.6 Å². The molecule has 6 nitrogen and oxygen atoms in total. The quantitative estimate of drug-likeness (QED) is 0.706. The molecule has 0 spiro atoms. The molecule has 110 valence electrons. The third kappa shape index (κ3) is 5.46. The van der Waals surface area contributed by atoms with Gasteiger partial charge in [-0.2, -0.15) is 0 Å². The first-order chi connectivity index (χ1) is 9.04. The number of nitrogens with zero attached hydrogens (tertiary/aromatic N) is 2. The number of nitrogens with one attached hydrogen (secondary N) is 1. The highest BCUT2D eigenvalue weighted by Crippen LogP contribution is 2.10. The number of unbranched alkanes of at least 4 members (excludes halogenated alkanes) is 1. The van der Waals surface area contributed by atoms with Crippen LogP contribution in [0.1, 0.15) is 32.6 Å². The van der Waals surface area contributed by atoms with E-state index in [0.29, 0.717) is 25.4 Å². The second kappa shape index (κ2) is 7.99. The van der Waals surface area contributed by atoms with E-state index in [0.717, 1.165) is 26.1 Å². The molecule has 19 heavy (non-hydrogen) atoms. The van der Waals surface area contributed by atoms with Crippen LogP contribution in [0.2, 0.25) is 0 Å². The number of likely N-dealkylation sites (N-methyl/N-ethyl adjacent to an activating group) is 1. The van der Waals surface area contributed by atoms with Crippen molar-refractivity contribution in [1.29, 1.82) is 0 Å². The van der Waals surface area contributed by atoms with Gasteiger partial charge in [0.15, 0.2) is 0 Å². The number of amides is 2. The van der Waals surface area contributed by atoms with Gasteiger partial charge in [0.2, 0.25) is 0 Å². The van der Waals surface area contributed by atoms with Crippen molar-refractivity contribution < 1.29 is 14.7 Å². The van der Waals surface area contributed by atoms with Gasteiger partial charge in [0.25, 0.3) is 0 Å². The minimum Gasteiger partial charge on any atom is -0.481 e. The Morgan fingerprint density at radius 1 is 1.32 bits per heavy atom. The smallest absolute Gasteiger partial charge is 0.317 e. The Kier molecular flexibility index (Phi) is 6.62. The molecule has 1 atom stereocenters. The van der Waals surface area contributed by atoms with Gasteiger partial charge < -0.3 is 15.3 Å². The van der Waals surface area contributed by atoms with E-state index in [1.807, 2.05) is 4.90 Å². The zero-order chi connectivity index (χ0) is 14.3. The van der Waals surface area contributed by atoms with Crippen LogP contribution in [0, 0.1) is 0 Å². The van der Waals surface area contributed by atoms with E-state index in [2.05, 4.69) is 24.2 Å². The van der Waals surface area contributed by atoms with E-state index in [4.69, 9.17) is 5.11 Å². The first-order valence-electron chi connectivity index (χ1n) is 6.99. The summed E-state index contributed by atoms with van der Waals surface area (Å²) in [7, 11) is 2.09. The van der Waals surface area contributed by atoms with Crippen LogP contribution in [0.25, 0.3) is 0 Å². The van der Waals surface area contributed by atoms with Crippen molar-refractivity contribution in [2.24, 2.45) is 0 Å². The summed E-state index contributed by atoms with van der Waals surface area (Å²) in [6, 6.07) is 0.411. The molecule has 0 aromatic heterocycles. The molecule has 0 bridgehead atoms. The van der Waals surface area contributed by atoms with Gasteiger partial charge in [-0.05, 0) is 26.3 Å². The Morgan fingerprint density at radius 2 is 2.05 bits per heavy atom. The van der Waals surface area contributed by atoms with Crippen LogP contribution >= 0.6 is 0 Å². The Balaban J connectivity index is 2.20. The van der Waals surface area contributed by atoms with Gasteiger partial charge in [-0.3, -0.25) is 9.69 Å². The van der Waals surface area contributed by atoms with Gasteiger partial charge in [0.05, 0.1) is 0 Å². The van der Waals surface area contributed by atoms with Gasteiger partial charge in [-0.15, -0.1) is 0 Å². The summed E-state index contributed by atoms with van der Waals surface area (Å²) in [5.74, 6) is -0.781. The Bertz CT molecular complexity index is 310. The molecular weight excluding hydrogens is 246 g/mol. The lowest BCUT2D eigenvalue weighted by molar-refractivity contribution is -0.137. The van der Waals surface area contributed by atoms with E-state index >= 15 is 0 Å². The summed E-state index contributed by atoms with van der Waals surface area (Å²) >= 11 is 0. The average Bonchev–Trinajstić information content (AvgIpc) is 2.38. The first-order valence-corrected chi connectivity index (χ1v) is 6.99. The molecule has 1 fully saturated rings. The maximum Gasteiger partial charge on any atom is 0.317 e. The molecule has 0 aromatic rings. The van der Waals surface area contributed by atoms with Crippen molar-refractivity contribution in [2.45, 2.75) is 38.6 Å². The van der Waals surface area contributed by atoms with Gasteiger partial charge in [-0.25, -0.2) is 4.79 Å². The van der Waals surface area contributed by atoms with Gasteiger partial charge in [0.1, 0.15) is 0 Å². The van der Waals surface area contributed by atoms with Gasteiger partial charge >= 0.3 is 12.0 Å². The molecule has 1 aliphatic rings. The summed E-state index contributed by atoms with van der Waals surface area (Å²) in [6.45, 7) is 5.12. The summed E-state index contributed by atoms with van der Waals surface area (Å²) in [5.41, 5.74) is 0.